The summed E-state index contributed by atoms with van der Waals surface area (Å²) in [6, 6.07) is 50.0. The smallest absolute Gasteiger partial charge is 0.164 e. The van der Waals surface area contributed by atoms with Crippen LogP contribution in [0.5, 0.6) is 0 Å². The summed E-state index contributed by atoms with van der Waals surface area (Å²) in [5.74, 6) is 3.66. The van der Waals surface area contributed by atoms with Crippen molar-refractivity contribution in [1.82, 2.24) is 15.0 Å². The fourth-order valence-electron chi connectivity index (χ4n) is 9.13. The van der Waals surface area contributed by atoms with Gasteiger partial charge in [0.25, 0.3) is 0 Å². The van der Waals surface area contributed by atoms with Gasteiger partial charge in [0.2, 0.25) is 0 Å². The van der Waals surface area contributed by atoms with Gasteiger partial charge in [0, 0.05) is 16.7 Å². The maximum Gasteiger partial charge on any atom is 0.164 e. The molecule has 7 aromatic rings. The van der Waals surface area contributed by atoms with Crippen LogP contribution < -0.4 is 0 Å². The summed E-state index contributed by atoms with van der Waals surface area (Å²) in [6.07, 6.45) is 8.19. The molecule has 0 radical (unpaired) electrons. The van der Waals surface area contributed by atoms with Gasteiger partial charge in [0.15, 0.2) is 17.5 Å². The molecule has 0 amide bonds. The van der Waals surface area contributed by atoms with E-state index in [1.165, 1.54) is 55.2 Å². The van der Waals surface area contributed by atoms with Crippen molar-refractivity contribution in [1.29, 1.82) is 10.5 Å². The van der Waals surface area contributed by atoms with Gasteiger partial charge in [0.1, 0.15) is 0 Å². The van der Waals surface area contributed by atoms with E-state index in [0.29, 0.717) is 34.0 Å². The van der Waals surface area contributed by atoms with Gasteiger partial charge in [-0.2, -0.15) is 10.5 Å². The van der Waals surface area contributed by atoms with E-state index in [1.54, 1.807) is 6.07 Å². The van der Waals surface area contributed by atoms with Gasteiger partial charge < -0.3 is 0 Å². The number of aromatic nitrogens is 3. The maximum absolute atomic E-state index is 9.48. The Hall–Kier alpha value is -6.43. The van der Waals surface area contributed by atoms with Gasteiger partial charge in [-0.3, -0.25) is 0 Å². The first-order valence-electron chi connectivity index (χ1n) is 19.0. The van der Waals surface area contributed by atoms with Gasteiger partial charge >= 0.3 is 0 Å². The zero-order valence-corrected chi connectivity index (χ0v) is 30.3. The average molecular weight is 698 g/mol. The molecule has 260 valence electrons. The molecular formula is C49H39N5. The van der Waals surface area contributed by atoms with E-state index in [1.807, 2.05) is 54.6 Å². The van der Waals surface area contributed by atoms with Crippen LogP contribution in [0, 0.1) is 34.5 Å². The highest BCUT2D eigenvalue weighted by Gasteiger charge is 2.43. The van der Waals surface area contributed by atoms with Gasteiger partial charge in [-0.1, -0.05) is 123 Å². The first-order chi connectivity index (χ1) is 26.5. The Bertz CT molecular complexity index is 2550. The quantitative estimate of drug-likeness (QED) is 0.165. The lowest BCUT2D eigenvalue weighted by atomic mass is 9.64. The Morgan fingerprint density at radius 3 is 1.57 bits per heavy atom. The highest BCUT2D eigenvalue weighted by atomic mass is 15.0. The van der Waals surface area contributed by atoms with Crippen LogP contribution in [0.1, 0.15) is 62.1 Å². The van der Waals surface area contributed by atoms with Crippen molar-refractivity contribution < 1.29 is 0 Å². The Balaban J connectivity index is 1.03. The molecule has 2 aliphatic carbocycles. The minimum absolute atomic E-state index is 0.335. The van der Waals surface area contributed by atoms with Crippen molar-refractivity contribution in [3.05, 3.63) is 150 Å². The molecule has 2 fully saturated rings. The number of nitrogens with zero attached hydrogens (tertiary/aromatic N) is 5. The van der Waals surface area contributed by atoms with E-state index in [2.05, 4.69) is 91.9 Å². The van der Waals surface area contributed by atoms with E-state index in [-0.39, 0.29) is 0 Å². The third-order valence-electron chi connectivity index (χ3n) is 11.9. The molecule has 9 rings (SSSR count). The summed E-state index contributed by atoms with van der Waals surface area (Å²) in [7, 11) is 0. The molecule has 5 nitrogen and oxygen atoms in total. The van der Waals surface area contributed by atoms with Crippen LogP contribution in [0.3, 0.4) is 0 Å². The van der Waals surface area contributed by atoms with Crippen molar-refractivity contribution in [2.75, 3.05) is 0 Å². The van der Waals surface area contributed by atoms with E-state index < -0.39 is 0 Å². The molecule has 5 heteroatoms. The molecule has 0 aliphatic heterocycles. The summed E-state index contributed by atoms with van der Waals surface area (Å²) in [5, 5.41) is 21.0. The lowest BCUT2D eigenvalue weighted by Crippen LogP contribution is -2.33. The largest absolute Gasteiger partial charge is 0.208 e. The fraction of sp³-hybridized carbons (Fsp3) is 0.204. The number of fused-ring (bicyclic) bond motifs is 3. The van der Waals surface area contributed by atoms with E-state index in [4.69, 9.17) is 15.0 Å². The van der Waals surface area contributed by atoms with Crippen molar-refractivity contribution in [2.24, 2.45) is 11.8 Å². The first-order valence-corrected chi connectivity index (χ1v) is 19.0. The van der Waals surface area contributed by atoms with Gasteiger partial charge in [-0.25, -0.2) is 15.0 Å². The zero-order chi connectivity index (χ0) is 36.6. The number of rotatable bonds is 7. The van der Waals surface area contributed by atoms with Crippen molar-refractivity contribution >= 4 is 10.8 Å². The summed E-state index contributed by atoms with van der Waals surface area (Å²) in [6.45, 7) is 2.38. The van der Waals surface area contributed by atoms with Crippen LogP contribution in [-0.4, -0.2) is 15.0 Å². The Kier molecular flexibility index (Phi) is 8.57. The van der Waals surface area contributed by atoms with Crippen molar-refractivity contribution in [2.45, 2.75) is 50.9 Å². The second-order valence-corrected chi connectivity index (χ2v) is 15.2. The molecule has 2 saturated carbocycles. The zero-order valence-electron chi connectivity index (χ0n) is 30.3. The third-order valence-corrected chi connectivity index (χ3v) is 11.9. The van der Waals surface area contributed by atoms with Crippen LogP contribution in [0.25, 0.3) is 67.2 Å². The third kappa shape index (κ3) is 6.33. The molecule has 2 bridgehead atoms. The number of hydrogen-bond donors (Lipinski definition) is 0. The van der Waals surface area contributed by atoms with Gasteiger partial charge in [0.05, 0.1) is 23.3 Å². The van der Waals surface area contributed by atoms with E-state index >= 15 is 0 Å². The molecule has 0 spiro atoms. The fourth-order valence-corrected chi connectivity index (χ4v) is 9.13. The predicted octanol–water partition coefficient (Wildman–Crippen LogP) is 12.0. The minimum atomic E-state index is 0.335. The topological polar surface area (TPSA) is 86.2 Å². The van der Waals surface area contributed by atoms with Crippen molar-refractivity contribution in [3.63, 3.8) is 0 Å². The summed E-state index contributed by atoms with van der Waals surface area (Å²) in [4.78, 5) is 15.0. The van der Waals surface area contributed by atoms with Crippen LogP contribution in [-0.2, 0) is 5.41 Å². The summed E-state index contributed by atoms with van der Waals surface area (Å²) >= 11 is 0. The van der Waals surface area contributed by atoms with Crippen LogP contribution in [0.15, 0.2) is 133 Å². The molecule has 0 saturated heterocycles. The number of nitriles is 2. The first kappa shape index (κ1) is 33.4. The lowest BCUT2D eigenvalue weighted by Gasteiger charge is -2.41. The minimum Gasteiger partial charge on any atom is -0.208 e. The normalized spacial score (nSPS) is 18.9. The van der Waals surface area contributed by atoms with Gasteiger partial charge in [-0.05, 0) is 112 Å². The molecule has 1 heterocycles. The molecule has 6 aromatic carbocycles. The van der Waals surface area contributed by atoms with Crippen LogP contribution in [0.4, 0.5) is 0 Å². The molecule has 1 unspecified atom stereocenters. The lowest BCUT2D eigenvalue weighted by molar-refractivity contribution is 0.207. The maximum atomic E-state index is 9.48. The Labute approximate surface area is 316 Å². The van der Waals surface area contributed by atoms with E-state index in [9.17, 15) is 10.5 Å². The predicted molar refractivity (Wildman–Crippen MR) is 216 cm³/mol. The van der Waals surface area contributed by atoms with E-state index in [0.717, 1.165) is 50.4 Å². The van der Waals surface area contributed by atoms with Crippen LogP contribution in [0.2, 0.25) is 0 Å². The molecule has 0 N–H and O–H groups in total. The molecular weight excluding hydrogens is 659 g/mol. The highest BCUT2D eigenvalue weighted by Crippen LogP contribution is 2.53. The average Bonchev–Trinajstić information content (AvgIpc) is 3.60. The molecule has 54 heavy (non-hydrogen) atoms. The summed E-state index contributed by atoms with van der Waals surface area (Å²) in [5.41, 5.74) is 9.71. The number of hydrogen-bond acceptors (Lipinski definition) is 5. The second-order valence-electron chi connectivity index (χ2n) is 15.2. The standard InChI is InChI=1S/C49H39N5/c1-2-49(28-32-8-9-33(22-32)29-49)45-20-18-37(19-21-45)36-10-12-39(13-11-36)47-52-46(38-6-4-3-5-7-38)53-48(54-47)43-17-16-40-26-42(15-14-41(40)27-43)44-24-34(30-50)23-35(25-44)31-51/h3-7,10-21,23-27,32-33H,2,8-9,22,28-29H2,1H3/t32-,33+,49?. The Morgan fingerprint density at radius 2 is 1.00 bits per heavy atom. The Morgan fingerprint density at radius 1 is 0.519 bits per heavy atom. The monoisotopic (exact) mass is 697 g/mol. The molecule has 1 aromatic heterocycles. The number of benzene rings is 6. The van der Waals surface area contributed by atoms with Gasteiger partial charge in [-0.15, -0.1) is 0 Å². The van der Waals surface area contributed by atoms with Crippen LogP contribution >= 0.6 is 0 Å². The summed E-state index contributed by atoms with van der Waals surface area (Å²) < 4.78 is 0. The molecule has 3 atom stereocenters. The second kappa shape index (κ2) is 13.8. The molecule has 2 aliphatic rings. The van der Waals surface area contributed by atoms with Crippen molar-refractivity contribution in [3.8, 4) is 68.6 Å². The highest BCUT2D eigenvalue weighted by molar-refractivity contribution is 5.90. The SMILES string of the molecule is CCC1(c2ccc(-c3ccc(-c4nc(-c5ccccc5)nc(-c5ccc6cc(-c7cc(C#N)cc(C#N)c7)ccc6c5)n4)cc3)cc2)C[C@@H]2CC[C@@H](C2)C1.